The van der Waals surface area contributed by atoms with E-state index in [1.54, 1.807) is 30.3 Å². The molecular weight excluding hydrogens is 527 g/mol. The minimum Gasteiger partial charge on any atom is -0.456 e. The zero-order valence-electron chi connectivity index (χ0n) is 15.9. The third kappa shape index (κ3) is 5.84. The topological polar surface area (TPSA) is 75.7 Å². The zero-order valence-corrected chi connectivity index (χ0v) is 19.6. The summed E-state index contributed by atoms with van der Waals surface area (Å²) in [5.74, 6) is 0.890. The quantitative estimate of drug-likeness (QED) is 0.433. The summed E-state index contributed by atoms with van der Waals surface area (Å²) in [5, 5.41) is 3.64. The molecule has 0 spiro atoms. The van der Waals surface area contributed by atoms with E-state index in [-0.39, 0.29) is 11.9 Å². The number of halogens is 2. The first-order valence-electron chi connectivity index (χ1n) is 9.15. The molecule has 1 heterocycles. The third-order valence-corrected chi connectivity index (χ3v) is 7.14. The lowest BCUT2D eigenvalue weighted by Gasteiger charge is -2.30. The van der Waals surface area contributed by atoms with E-state index >= 15 is 0 Å². The summed E-state index contributed by atoms with van der Waals surface area (Å²) in [6.45, 7) is 0.817. The summed E-state index contributed by atoms with van der Waals surface area (Å²) in [4.78, 5) is 12.9. The minimum absolute atomic E-state index is 0.0750. The van der Waals surface area contributed by atoms with E-state index in [0.29, 0.717) is 48.0 Å². The van der Waals surface area contributed by atoms with Crippen LogP contribution in [0.1, 0.15) is 28.8 Å². The molecule has 6 nitrogen and oxygen atoms in total. The van der Waals surface area contributed by atoms with Gasteiger partial charge in [0.2, 0.25) is 10.0 Å². The highest BCUT2D eigenvalue weighted by Crippen LogP contribution is 2.31. The lowest BCUT2D eigenvalue weighted by atomic mass is 10.1. The average Bonchev–Trinajstić information content (AvgIpc) is 2.69. The van der Waals surface area contributed by atoms with Crippen LogP contribution in [0.2, 0.25) is 5.02 Å². The molecule has 1 saturated heterocycles. The van der Waals surface area contributed by atoms with Crippen molar-refractivity contribution in [2.45, 2.75) is 23.3 Å². The molecule has 1 N–H and O–H groups in total. The Morgan fingerprint density at radius 3 is 2.55 bits per heavy atom. The number of rotatable bonds is 6. The first-order valence-corrected chi connectivity index (χ1v) is 12.9. The molecule has 0 radical (unpaired) electrons. The molecule has 1 fully saturated rings. The van der Waals surface area contributed by atoms with Crippen LogP contribution in [-0.4, -0.2) is 44.0 Å². The van der Waals surface area contributed by atoms with Crippen molar-refractivity contribution < 1.29 is 17.9 Å². The molecule has 0 aliphatic carbocycles. The Morgan fingerprint density at radius 1 is 1.21 bits per heavy atom. The van der Waals surface area contributed by atoms with Gasteiger partial charge in [-0.3, -0.25) is 4.79 Å². The van der Waals surface area contributed by atoms with Crippen LogP contribution in [0, 0.1) is 0 Å². The van der Waals surface area contributed by atoms with Gasteiger partial charge in [-0.2, -0.15) is 0 Å². The van der Waals surface area contributed by atoms with Crippen LogP contribution < -0.4 is 10.1 Å². The number of sulfonamides is 1. The number of para-hydroxylation sites is 1. The molecule has 2 aromatic rings. The summed E-state index contributed by atoms with van der Waals surface area (Å²) in [7, 11) is -3.19. The van der Waals surface area contributed by atoms with Gasteiger partial charge in [-0.15, -0.1) is 0 Å². The van der Waals surface area contributed by atoms with Crippen molar-refractivity contribution in [3.05, 3.63) is 58.6 Å². The molecule has 9 heteroatoms. The van der Waals surface area contributed by atoms with Gasteiger partial charge in [0.05, 0.1) is 11.8 Å². The van der Waals surface area contributed by atoms with Crippen molar-refractivity contribution in [3.63, 3.8) is 0 Å². The Kier molecular flexibility index (Phi) is 7.42. The van der Waals surface area contributed by atoms with Crippen molar-refractivity contribution in [3.8, 4) is 11.5 Å². The molecule has 1 aliphatic rings. The monoisotopic (exact) mass is 548 g/mol. The number of nitrogens with one attached hydrogen (secondary N) is 1. The number of nitrogens with zero attached hydrogens (tertiary/aromatic N) is 1. The summed E-state index contributed by atoms with van der Waals surface area (Å²) in [5.41, 5.74) is 1.38. The van der Waals surface area contributed by atoms with E-state index in [2.05, 4.69) is 27.9 Å². The van der Waals surface area contributed by atoms with E-state index in [1.807, 2.05) is 12.1 Å². The number of carbonyl (C=O) groups excluding carboxylic acids is 1. The van der Waals surface area contributed by atoms with Gasteiger partial charge in [0.1, 0.15) is 11.5 Å². The van der Waals surface area contributed by atoms with Crippen LogP contribution in [-0.2, 0) is 14.5 Å². The first-order chi connectivity index (χ1) is 13.8. The van der Waals surface area contributed by atoms with Gasteiger partial charge in [0.25, 0.3) is 5.91 Å². The number of amides is 1. The van der Waals surface area contributed by atoms with Crippen LogP contribution in [0.3, 0.4) is 0 Å². The highest BCUT2D eigenvalue weighted by Gasteiger charge is 2.26. The van der Waals surface area contributed by atoms with Crippen LogP contribution in [0.5, 0.6) is 11.5 Å². The maximum absolute atomic E-state index is 12.9. The molecule has 1 aliphatic heterocycles. The molecule has 0 saturated carbocycles. The molecule has 29 heavy (non-hydrogen) atoms. The Hall–Kier alpha value is -1.36. The normalized spacial score (nSPS) is 15.8. The molecule has 156 valence electrons. The van der Waals surface area contributed by atoms with Crippen LogP contribution in [0.15, 0.2) is 42.5 Å². The van der Waals surface area contributed by atoms with Gasteiger partial charge in [0.15, 0.2) is 0 Å². The number of ether oxygens (including phenoxy) is 1. The highest BCUT2D eigenvalue weighted by molar-refractivity contribution is 14.1. The Bertz CT molecular complexity index is 992. The average molecular weight is 549 g/mol. The summed E-state index contributed by atoms with van der Waals surface area (Å²) in [6, 6.07) is 12.4. The summed E-state index contributed by atoms with van der Waals surface area (Å²) < 4.78 is 31.5. The number of hydrogen-bond donors (Lipinski definition) is 1. The number of hydrogen-bond acceptors (Lipinski definition) is 4. The largest absolute Gasteiger partial charge is 0.456 e. The molecule has 0 aromatic heterocycles. The molecular formula is C20H22ClIN2O4S. The van der Waals surface area contributed by atoms with Gasteiger partial charge < -0.3 is 10.1 Å². The van der Waals surface area contributed by atoms with Crippen molar-refractivity contribution in [2.24, 2.45) is 0 Å². The maximum atomic E-state index is 12.9. The van der Waals surface area contributed by atoms with E-state index < -0.39 is 10.0 Å². The SMILES string of the molecule is CS(=O)(=O)N1CCC(NC(=O)c2ccccc2Oc2ccc(Cl)cc2CI)CC1. The van der Waals surface area contributed by atoms with Crippen molar-refractivity contribution in [1.82, 2.24) is 9.62 Å². The molecule has 1 amide bonds. The number of carbonyl (C=O) groups is 1. The van der Waals surface area contributed by atoms with Crippen LogP contribution in [0.4, 0.5) is 0 Å². The second-order valence-electron chi connectivity index (χ2n) is 6.89. The summed E-state index contributed by atoms with van der Waals surface area (Å²) in [6.07, 6.45) is 2.37. The maximum Gasteiger partial charge on any atom is 0.255 e. The van der Waals surface area contributed by atoms with Crippen molar-refractivity contribution >= 4 is 50.1 Å². The Balaban J connectivity index is 1.71. The van der Waals surface area contributed by atoms with Gasteiger partial charge >= 0.3 is 0 Å². The molecule has 0 unspecified atom stereocenters. The smallest absolute Gasteiger partial charge is 0.255 e. The van der Waals surface area contributed by atoms with Crippen LogP contribution in [0.25, 0.3) is 0 Å². The Labute approximate surface area is 189 Å². The predicted molar refractivity (Wildman–Crippen MR) is 123 cm³/mol. The third-order valence-electron chi connectivity index (χ3n) is 4.78. The minimum atomic E-state index is -3.19. The number of alkyl halides is 1. The fourth-order valence-corrected chi connectivity index (χ4v) is 4.87. The second-order valence-corrected chi connectivity index (χ2v) is 10.1. The fourth-order valence-electron chi connectivity index (χ4n) is 3.21. The summed E-state index contributed by atoms with van der Waals surface area (Å²) >= 11 is 8.30. The van der Waals surface area contributed by atoms with E-state index in [0.717, 1.165) is 9.99 Å². The highest BCUT2D eigenvalue weighted by atomic mass is 127. The van der Waals surface area contributed by atoms with Crippen LogP contribution >= 0.6 is 34.2 Å². The van der Waals surface area contributed by atoms with Crippen molar-refractivity contribution in [2.75, 3.05) is 19.3 Å². The number of benzene rings is 2. The van der Waals surface area contributed by atoms with E-state index in [9.17, 15) is 13.2 Å². The second kappa shape index (κ2) is 9.63. The van der Waals surface area contributed by atoms with Crippen molar-refractivity contribution in [1.29, 1.82) is 0 Å². The standard InChI is InChI=1S/C20H22ClIN2O4S/c1-29(26,27)24-10-8-16(9-11-24)23-20(25)17-4-2-3-5-19(17)28-18-7-6-15(21)12-14(18)13-22/h2-7,12,16H,8-11,13H2,1H3,(H,23,25). The number of piperidine rings is 1. The molecule has 0 bridgehead atoms. The Morgan fingerprint density at radius 2 is 1.90 bits per heavy atom. The van der Waals surface area contributed by atoms with E-state index in [4.69, 9.17) is 16.3 Å². The molecule has 2 aromatic carbocycles. The van der Waals surface area contributed by atoms with E-state index in [1.165, 1.54) is 10.6 Å². The lowest BCUT2D eigenvalue weighted by molar-refractivity contribution is 0.0921. The predicted octanol–water partition coefficient (Wildman–Crippen LogP) is 4.22. The van der Waals surface area contributed by atoms with Gasteiger partial charge in [-0.25, -0.2) is 12.7 Å². The van der Waals surface area contributed by atoms with Gasteiger partial charge in [-0.1, -0.05) is 46.3 Å². The fraction of sp³-hybridized carbons (Fsp3) is 0.350. The molecule has 3 rings (SSSR count). The van der Waals surface area contributed by atoms with Gasteiger partial charge in [-0.05, 0) is 43.2 Å². The zero-order chi connectivity index (χ0) is 21.0. The van der Waals surface area contributed by atoms with Gasteiger partial charge in [0, 0.05) is 34.1 Å². The first kappa shape index (κ1) is 22.3. The molecule has 0 atom stereocenters. The lowest BCUT2D eigenvalue weighted by Crippen LogP contribution is -2.46.